The van der Waals surface area contributed by atoms with Crippen molar-refractivity contribution in [2.45, 2.75) is 26.2 Å². The molecule has 23 heavy (non-hydrogen) atoms. The van der Waals surface area contributed by atoms with Crippen LogP contribution in [0.4, 0.5) is 4.79 Å². The van der Waals surface area contributed by atoms with Gasteiger partial charge >= 0.3 is 12.0 Å². The van der Waals surface area contributed by atoms with Crippen LogP contribution in [-0.2, 0) is 16.0 Å². The summed E-state index contributed by atoms with van der Waals surface area (Å²) in [6, 6.07) is 7.94. The summed E-state index contributed by atoms with van der Waals surface area (Å²) in [5.74, 6) is -0.208. The minimum absolute atomic E-state index is 0.0561. The first-order valence-corrected chi connectivity index (χ1v) is 8.84. The molecule has 0 aromatic heterocycles. The summed E-state index contributed by atoms with van der Waals surface area (Å²) in [5.41, 5.74) is 1.17. The van der Waals surface area contributed by atoms with Gasteiger partial charge in [0, 0.05) is 24.1 Å². The van der Waals surface area contributed by atoms with Crippen molar-refractivity contribution in [2.75, 3.05) is 26.2 Å². The van der Waals surface area contributed by atoms with Crippen molar-refractivity contribution in [1.29, 1.82) is 0 Å². The molecule has 2 amide bonds. The van der Waals surface area contributed by atoms with E-state index in [1.807, 2.05) is 31.2 Å². The highest BCUT2D eigenvalue weighted by molar-refractivity contribution is 9.10. The zero-order chi connectivity index (χ0) is 16.7. The molecule has 0 aliphatic carbocycles. The van der Waals surface area contributed by atoms with Gasteiger partial charge in [0.15, 0.2) is 0 Å². The maximum absolute atomic E-state index is 12.2. The molecule has 126 valence electrons. The number of hydrogen-bond donors (Lipinski definition) is 1. The fourth-order valence-electron chi connectivity index (χ4n) is 2.70. The standard InChI is InChI=1S/C17H23BrN2O3/c1-2-23-16(21)14-8-11-20(12-9-14)17(22)19-10-7-13-5-3-4-6-15(13)18/h3-6,14H,2,7-12H2,1H3,(H,19,22). The van der Waals surface area contributed by atoms with Crippen LogP contribution in [0.15, 0.2) is 28.7 Å². The third kappa shape index (κ3) is 5.23. The molecule has 0 atom stereocenters. The van der Waals surface area contributed by atoms with Gasteiger partial charge in [-0.15, -0.1) is 0 Å². The van der Waals surface area contributed by atoms with Gasteiger partial charge in [0.05, 0.1) is 12.5 Å². The summed E-state index contributed by atoms with van der Waals surface area (Å²) >= 11 is 3.51. The molecule has 0 unspecified atom stereocenters. The zero-order valence-corrected chi connectivity index (χ0v) is 15.0. The average Bonchev–Trinajstić information content (AvgIpc) is 2.57. The average molecular weight is 383 g/mol. The Labute approximate surface area is 145 Å². The van der Waals surface area contributed by atoms with Crippen LogP contribution in [0.1, 0.15) is 25.3 Å². The van der Waals surface area contributed by atoms with E-state index in [-0.39, 0.29) is 17.9 Å². The summed E-state index contributed by atoms with van der Waals surface area (Å²) in [6.45, 7) is 4.02. The predicted molar refractivity (Wildman–Crippen MR) is 92.2 cm³/mol. The molecule has 1 aliphatic rings. The fraction of sp³-hybridized carbons (Fsp3) is 0.529. The van der Waals surface area contributed by atoms with E-state index in [9.17, 15) is 9.59 Å². The van der Waals surface area contributed by atoms with Crippen LogP contribution >= 0.6 is 15.9 Å². The smallest absolute Gasteiger partial charge is 0.317 e. The van der Waals surface area contributed by atoms with E-state index in [0.29, 0.717) is 39.1 Å². The van der Waals surface area contributed by atoms with E-state index in [1.54, 1.807) is 4.90 Å². The molecule has 0 radical (unpaired) electrons. The minimum Gasteiger partial charge on any atom is -0.466 e. The number of amides is 2. The van der Waals surface area contributed by atoms with Crippen molar-refractivity contribution in [3.05, 3.63) is 34.3 Å². The zero-order valence-electron chi connectivity index (χ0n) is 13.4. The van der Waals surface area contributed by atoms with Crippen molar-refractivity contribution in [1.82, 2.24) is 10.2 Å². The Morgan fingerprint density at radius 2 is 2.00 bits per heavy atom. The second-order valence-electron chi connectivity index (χ2n) is 5.59. The molecule has 1 aliphatic heterocycles. The van der Waals surface area contributed by atoms with Crippen molar-refractivity contribution < 1.29 is 14.3 Å². The first-order chi connectivity index (χ1) is 11.1. The van der Waals surface area contributed by atoms with Crippen LogP contribution in [0.3, 0.4) is 0 Å². The number of rotatable bonds is 5. The highest BCUT2D eigenvalue weighted by atomic mass is 79.9. The number of likely N-dealkylation sites (tertiary alicyclic amines) is 1. The molecule has 0 bridgehead atoms. The second-order valence-corrected chi connectivity index (χ2v) is 6.44. The lowest BCUT2D eigenvalue weighted by Crippen LogP contribution is -2.46. The number of nitrogens with one attached hydrogen (secondary N) is 1. The van der Waals surface area contributed by atoms with Gasteiger partial charge in [-0.25, -0.2) is 4.79 Å². The van der Waals surface area contributed by atoms with Gasteiger partial charge in [-0.2, -0.15) is 0 Å². The number of halogens is 1. The Balaban J connectivity index is 1.71. The van der Waals surface area contributed by atoms with Crippen molar-refractivity contribution >= 4 is 27.9 Å². The van der Waals surface area contributed by atoms with E-state index in [0.717, 1.165) is 10.9 Å². The summed E-state index contributed by atoms with van der Waals surface area (Å²) in [4.78, 5) is 25.6. The maximum atomic E-state index is 12.2. The number of urea groups is 1. The van der Waals surface area contributed by atoms with E-state index >= 15 is 0 Å². The molecule has 1 fully saturated rings. The number of carbonyl (C=O) groups is 2. The maximum Gasteiger partial charge on any atom is 0.317 e. The van der Waals surface area contributed by atoms with E-state index < -0.39 is 0 Å². The monoisotopic (exact) mass is 382 g/mol. The lowest BCUT2D eigenvalue weighted by molar-refractivity contribution is -0.149. The summed E-state index contributed by atoms with van der Waals surface area (Å²) in [5, 5.41) is 2.95. The largest absolute Gasteiger partial charge is 0.466 e. The number of ether oxygens (including phenoxy) is 1. The van der Waals surface area contributed by atoms with Gasteiger partial charge in [-0.3, -0.25) is 4.79 Å². The van der Waals surface area contributed by atoms with E-state index in [4.69, 9.17) is 4.74 Å². The van der Waals surface area contributed by atoms with Crippen LogP contribution < -0.4 is 5.32 Å². The topological polar surface area (TPSA) is 58.6 Å². The molecule has 6 heteroatoms. The number of esters is 1. The first kappa shape index (κ1) is 17.8. The molecular formula is C17H23BrN2O3. The van der Waals surface area contributed by atoms with Crippen molar-refractivity contribution in [2.24, 2.45) is 5.92 Å². The van der Waals surface area contributed by atoms with E-state index in [2.05, 4.69) is 21.2 Å². The Bertz CT molecular complexity index is 542. The Kier molecular flexibility index (Phi) is 6.89. The highest BCUT2D eigenvalue weighted by Crippen LogP contribution is 2.19. The minimum atomic E-state index is -0.138. The molecule has 0 spiro atoms. The Morgan fingerprint density at radius 3 is 2.65 bits per heavy atom. The number of carbonyl (C=O) groups excluding carboxylic acids is 2. The van der Waals surface area contributed by atoms with Gasteiger partial charge in [0.25, 0.3) is 0 Å². The molecule has 0 saturated carbocycles. The molecule has 1 aromatic rings. The quantitative estimate of drug-likeness (QED) is 0.796. The Hall–Kier alpha value is -1.56. The van der Waals surface area contributed by atoms with Crippen LogP contribution in [0.5, 0.6) is 0 Å². The van der Waals surface area contributed by atoms with Crippen LogP contribution in [0.25, 0.3) is 0 Å². The van der Waals surface area contributed by atoms with Gasteiger partial charge in [0.1, 0.15) is 0 Å². The number of nitrogens with zero attached hydrogens (tertiary/aromatic N) is 1. The van der Waals surface area contributed by atoms with Crippen molar-refractivity contribution in [3.63, 3.8) is 0 Å². The van der Waals surface area contributed by atoms with Gasteiger partial charge in [0.2, 0.25) is 0 Å². The molecular weight excluding hydrogens is 360 g/mol. The Morgan fingerprint density at radius 1 is 1.30 bits per heavy atom. The molecule has 1 heterocycles. The van der Waals surface area contributed by atoms with Gasteiger partial charge in [-0.05, 0) is 37.8 Å². The lowest BCUT2D eigenvalue weighted by Gasteiger charge is -2.30. The molecule has 1 N–H and O–H groups in total. The molecule has 1 aromatic carbocycles. The number of hydrogen-bond acceptors (Lipinski definition) is 3. The summed E-state index contributed by atoms with van der Waals surface area (Å²) < 4.78 is 6.10. The van der Waals surface area contributed by atoms with Crippen LogP contribution in [-0.4, -0.2) is 43.1 Å². The third-order valence-electron chi connectivity index (χ3n) is 4.03. The third-order valence-corrected chi connectivity index (χ3v) is 4.80. The summed E-state index contributed by atoms with van der Waals surface area (Å²) in [7, 11) is 0. The number of benzene rings is 1. The molecule has 2 rings (SSSR count). The highest BCUT2D eigenvalue weighted by Gasteiger charge is 2.27. The van der Waals surface area contributed by atoms with Gasteiger partial charge < -0.3 is 15.0 Å². The first-order valence-electron chi connectivity index (χ1n) is 8.04. The number of piperidine rings is 1. The normalized spacial score (nSPS) is 15.3. The molecule has 5 nitrogen and oxygen atoms in total. The van der Waals surface area contributed by atoms with Crippen molar-refractivity contribution in [3.8, 4) is 0 Å². The van der Waals surface area contributed by atoms with Crippen LogP contribution in [0, 0.1) is 5.92 Å². The van der Waals surface area contributed by atoms with E-state index in [1.165, 1.54) is 5.56 Å². The second kappa shape index (κ2) is 8.91. The SMILES string of the molecule is CCOC(=O)C1CCN(C(=O)NCCc2ccccc2Br)CC1. The predicted octanol–water partition coefficient (Wildman–Crippen LogP) is 2.98. The summed E-state index contributed by atoms with van der Waals surface area (Å²) in [6.07, 6.45) is 2.14. The molecule has 1 saturated heterocycles. The lowest BCUT2D eigenvalue weighted by atomic mass is 9.97. The van der Waals surface area contributed by atoms with Crippen LogP contribution in [0.2, 0.25) is 0 Å². The fourth-order valence-corrected chi connectivity index (χ4v) is 3.18. The van der Waals surface area contributed by atoms with Gasteiger partial charge in [-0.1, -0.05) is 34.1 Å².